The van der Waals surface area contributed by atoms with Gasteiger partial charge in [0.05, 0.1) is 0 Å². The van der Waals surface area contributed by atoms with E-state index in [-0.39, 0.29) is 1.43 Å². The van der Waals surface area contributed by atoms with Gasteiger partial charge in [-0.15, -0.1) is 0 Å². The molecule has 4 heavy (non-hydrogen) atoms. The predicted molar refractivity (Wildman–Crippen MR) is 16.2 cm³/mol. The fourth-order valence-corrected chi connectivity index (χ4v) is 0. The fraction of sp³-hybridized carbons (Fsp3) is 1.00. The quantitative estimate of drug-likeness (QED) is 0.448. The SMILES string of the molecule is CC[CH2][Zn+].[H-]. The minimum Gasteiger partial charge on any atom is -1.00 e. The molecule has 0 atom stereocenters. The van der Waals surface area contributed by atoms with E-state index in [1.807, 2.05) is 0 Å². The smallest absolute Gasteiger partial charge is 1.00 e. The van der Waals surface area contributed by atoms with E-state index in [1.165, 1.54) is 29.7 Å². The van der Waals surface area contributed by atoms with E-state index in [1.54, 1.807) is 0 Å². The molecule has 0 aromatic rings. The van der Waals surface area contributed by atoms with Gasteiger partial charge in [-0.2, -0.15) is 0 Å². The zero-order chi connectivity index (χ0) is 3.41. The van der Waals surface area contributed by atoms with Crippen molar-refractivity contribution >= 4 is 0 Å². The maximum absolute atomic E-state index is 2.21. The van der Waals surface area contributed by atoms with Crippen LogP contribution in [0.25, 0.3) is 0 Å². The summed E-state index contributed by atoms with van der Waals surface area (Å²) in [6.07, 6.45) is 1.38. The van der Waals surface area contributed by atoms with Crippen molar-refractivity contribution in [2.75, 3.05) is 0 Å². The predicted octanol–water partition coefficient (Wildman–Crippen LogP) is 1.47. The molecule has 0 heterocycles. The summed E-state index contributed by atoms with van der Waals surface area (Å²) in [7, 11) is 0. The standard InChI is InChI=1S/C3H7.Zn.H/c1-3-2;;/h1,3H2,2H3;;/q;+1;-1. The van der Waals surface area contributed by atoms with E-state index in [0.717, 1.165) is 0 Å². The van der Waals surface area contributed by atoms with Gasteiger partial charge < -0.3 is 1.43 Å². The molecule has 0 aliphatic carbocycles. The van der Waals surface area contributed by atoms with Gasteiger partial charge in [0.1, 0.15) is 0 Å². The molecule has 0 aromatic heterocycles. The second-order valence-electron chi connectivity index (χ2n) is 0.854. The Morgan fingerprint density at radius 1 is 2.00 bits per heavy atom. The molecule has 1 heteroatoms. The largest absolute Gasteiger partial charge is 1.00 e. The fourth-order valence-electron chi connectivity index (χ4n) is 0. The minimum atomic E-state index is 0. The summed E-state index contributed by atoms with van der Waals surface area (Å²) in [6.45, 7) is 2.21. The molecule has 0 N–H and O–H groups in total. The van der Waals surface area contributed by atoms with Crippen molar-refractivity contribution in [1.82, 2.24) is 0 Å². The molecule has 0 aliphatic rings. The third-order valence-corrected chi connectivity index (χ3v) is 1.84. The number of hydrogen-bond donors (Lipinski definition) is 0. The minimum absolute atomic E-state index is 0. The Morgan fingerprint density at radius 3 is 2.25 bits per heavy atom. The van der Waals surface area contributed by atoms with Gasteiger partial charge >= 0.3 is 36.7 Å². The summed E-state index contributed by atoms with van der Waals surface area (Å²) in [5.74, 6) is 0. The molecule has 0 rings (SSSR count). The van der Waals surface area contributed by atoms with Gasteiger partial charge in [-0.05, 0) is 0 Å². The zero-order valence-corrected chi connectivity index (χ0v) is 6.09. The van der Waals surface area contributed by atoms with E-state index in [0.29, 0.717) is 0 Å². The van der Waals surface area contributed by atoms with Crippen molar-refractivity contribution in [2.45, 2.75) is 18.4 Å². The van der Waals surface area contributed by atoms with E-state index < -0.39 is 0 Å². The van der Waals surface area contributed by atoms with E-state index in [2.05, 4.69) is 6.92 Å². The molecule has 22 valence electrons. The zero-order valence-electron chi connectivity index (χ0n) is 4.12. The van der Waals surface area contributed by atoms with Crippen molar-refractivity contribution in [1.29, 1.82) is 0 Å². The first-order valence-corrected chi connectivity index (χ1v) is 3.81. The molecule has 0 saturated heterocycles. The van der Waals surface area contributed by atoms with Crippen LogP contribution in [-0.2, 0) is 18.3 Å². The third-order valence-electron chi connectivity index (χ3n) is 0.354. The molecule has 0 fully saturated rings. The monoisotopic (exact) mass is 108 g/mol. The van der Waals surface area contributed by atoms with Crippen LogP contribution in [0, 0.1) is 0 Å². The van der Waals surface area contributed by atoms with Gasteiger partial charge in [-0.3, -0.25) is 0 Å². The molecule has 0 radical (unpaired) electrons. The third kappa shape index (κ3) is 2.62. The van der Waals surface area contributed by atoms with Crippen LogP contribution in [-0.4, -0.2) is 0 Å². The molecule has 0 saturated carbocycles. The van der Waals surface area contributed by atoms with Crippen LogP contribution in [0.3, 0.4) is 0 Å². The van der Waals surface area contributed by atoms with Crippen molar-refractivity contribution in [3.05, 3.63) is 0 Å². The summed E-state index contributed by atoms with van der Waals surface area (Å²) in [5.41, 5.74) is 0. The molecular formula is C3H8Zn. The van der Waals surface area contributed by atoms with Crippen molar-refractivity contribution in [3.63, 3.8) is 0 Å². The van der Waals surface area contributed by atoms with E-state index in [9.17, 15) is 0 Å². The Labute approximate surface area is 38.8 Å². The molecule has 0 bridgehead atoms. The van der Waals surface area contributed by atoms with Crippen LogP contribution < -0.4 is 0 Å². The number of rotatable bonds is 1. The van der Waals surface area contributed by atoms with E-state index in [4.69, 9.17) is 0 Å². The Hall–Kier alpha value is 0.623. The Kier molecular flexibility index (Phi) is 4.19. The maximum Gasteiger partial charge on any atom is -1.00 e. The summed E-state index contributed by atoms with van der Waals surface area (Å²) in [4.78, 5) is 0. The average Bonchev–Trinajstić information content (AvgIpc) is 1.37. The first-order chi connectivity index (χ1) is 1.91. The van der Waals surface area contributed by atoms with Crippen LogP contribution in [0.2, 0.25) is 5.02 Å². The van der Waals surface area contributed by atoms with Gasteiger partial charge in [-0.25, -0.2) is 0 Å². The Bertz CT molecular complexity index is 8.85. The number of hydrogen-bond acceptors (Lipinski definition) is 0. The van der Waals surface area contributed by atoms with Crippen LogP contribution in [0.5, 0.6) is 0 Å². The van der Waals surface area contributed by atoms with Crippen molar-refractivity contribution in [2.24, 2.45) is 0 Å². The molecule has 0 nitrogen and oxygen atoms in total. The first-order valence-electron chi connectivity index (χ1n) is 1.71. The van der Waals surface area contributed by atoms with Crippen LogP contribution in [0.4, 0.5) is 0 Å². The first kappa shape index (κ1) is 4.62. The second-order valence-corrected chi connectivity index (χ2v) is 2.34. The Morgan fingerprint density at radius 2 is 2.25 bits per heavy atom. The van der Waals surface area contributed by atoms with Crippen LogP contribution >= 0.6 is 0 Å². The molecular weight excluding hydrogens is 101 g/mol. The molecule has 0 aromatic carbocycles. The maximum atomic E-state index is 2.21. The summed E-state index contributed by atoms with van der Waals surface area (Å²) in [5, 5.41) is 1.44. The molecule has 0 aliphatic heterocycles. The normalized spacial score (nSPS) is 7.75. The van der Waals surface area contributed by atoms with Crippen molar-refractivity contribution in [3.8, 4) is 0 Å². The molecule has 0 amide bonds. The topological polar surface area (TPSA) is 0 Å². The summed E-state index contributed by atoms with van der Waals surface area (Å²) >= 11 is 1.47. The average molecular weight is 109 g/mol. The van der Waals surface area contributed by atoms with Crippen LogP contribution in [0.15, 0.2) is 0 Å². The second kappa shape index (κ2) is 3.62. The van der Waals surface area contributed by atoms with E-state index >= 15 is 0 Å². The van der Waals surface area contributed by atoms with Gasteiger partial charge in [0.15, 0.2) is 0 Å². The van der Waals surface area contributed by atoms with Gasteiger partial charge in [0, 0.05) is 0 Å². The van der Waals surface area contributed by atoms with Crippen molar-refractivity contribution < 1.29 is 19.7 Å². The summed E-state index contributed by atoms with van der Waals surface area (Å²) in [6, 6.07) is 0. The molecule has 0 unspecified atom stereocenters. The Balaban J connectivity index is 0. The van der Waals surface area contributed by atoms with Gasteiger partial charge in [0.25, 0.3) is 0 Å². The summed E-state index contributed by atoms with van der Waals surface area (Å²) < 4.78 is 0. The van der Waals surface area contributed by atoms with Crippen LogP contribution in [0.1, 0.15) is 14.8 Å². The molecule has 0 spiro atoms. The van der Waals surface area contributed by atoms with Gasteiger partial charge in [-0.1, -0.05) is 0 Å². The van der Waals surface area contributed by atoms with Gasteiger partial charge in [0.2, 0.25) is 0 Å².